The van der Waals surface area contributed by atoms with Crippen LogP contribution in [0.25, 0.3) is 0 Å². The Labute approximate surface area is 150 Å². The highest BCUT2D eigenvalue weighted by molar-refractivity contribution is 5.94. The maximum Gasteiger partial charge on any atom is 0.254 e. The zero-order chi connectivity index (χ0) is 18.1. The molecular formula is C21H27NO3. The highest BCUT2D eigenvalue weighted by Crippen LogP contribution is 2.29. The fourth-order valence-corrected chi connectivity index (χ4v) is 2.50. The van der Waals surface area contributed by atoms with E-state index >= 15 is 0 Å². The first-order chi connectivity index (χ1) is 12.2. The van der Waals surface area contributed by atoms with E-state index in [4.69, 9.17) is 9.47 Å². The van der Waals surface area contributed by atoms with Gasteiger partial charge in [-0.25, -0.2) is 0 Å². The molecule has 4 heteroatoms. The Morgan fingerprint density at radius 1 is 1.00 bits per heavy atom. The summed E-state index contributed by atoms with van der Waals surface area (Å²) in [5, 5.41) is 0. The lowest BCUT2D eigenvalue weighted by Gasteiger charge is -2.19. The third-order valence-electron chi connectivity index (χ3n) is 3.86. The summed E-state index contributed by atoms with van der Waals surface area (Å²) in [7, 11) is 1.81. The maximum atomic E-state index is 12.7. The summed E-state index contributed by atoms with van der Waals surface area (Å²) >= 11 is 0. The second kappa shape index (κ2) is 9.72. The summed E-state index contributed by atoms with van der Waals surface area (Å²) in [5.74, 6) is 1.28. The lowest BCUT2D eigenvalue weighted by Crippen LogP contribution is -2.26. The van der Waals surface area contributed by atoms with Crippen LogP contribution in [0.15, 0.2) is 48.5 Å². The summed E-state index contributed by atoms with van der Waals surface area (Å²) in [4.78, 5) is 14.4. The number of unbranched alkanes of at least 4 members (excludes halogenated alkanes) is 1. The van der Waals surface area contributed by atoms with Gasteiger partial charge in [0.15, 0.2) is 11.5 Å². The average Bonchev–Trinajstić information content (AvgIpc) is 2.63. The van der Waals surface area contributed by atoms with Crippen LogP contribution in [0.5, 0.6) is 11.5 Å². The molecule has 0 saturated heterocycles. The second-order valence-corrected chi connectivity index (χ2v) is 5.94. The smallest absolute Gasteiger partial charge is 0.254 e. The number of hydrogen-bond donors (Lipinski definition) is 0. The van der Waals surface area contributed by atoms with E-state index < -0.39 is 0 Å². The Bertz CT molecular complexity index is 670. The lowest BCUT2D eigenvalue weighted by molar-refractivity contribution is 0.0784. The van der Waals surface area contributed by atoms with Gasteiger partial charge in [0.25, 0.3) is 5.91 Å². The molecule has 2 aromatic rings. The van der Waals surface area contributed by atoms with Gasteiger partial charge in [0.05, 0.1) is 13.2 Å². The number of benzene rings is 2. The van der Waals surface area contributed by atoms with Gasteiger partial charge >= 0.3 is 0 Å². The Kier molecular flexibility index (Phi) is 7.33. The Morgan fingerprint density at radius 2 is 1.76 bits per heavy atom. The number of ether oxygens (including phenoxy) is 2. The monoisotopic (exact) mass is 341 g/mol. The van der Waals surface area contributed by atoms with E-state index in [0.717, 1.165) is 18.4 Å². The van der Waals surface area contributed by atoms with Gasteiger partial charge in [-0.15, -0.1) is 0 Å². The van der Waals surface area contributed by atoms with Crippen molar-refractivity contribution in [3.05, 3.63) is 59.7 Å². The fourth-order valence-electron chi connectivity index (χ4n) is 2.50. The van der Waals surface area contributed by atoms with Crippen molar-refractivity contribution < 1.29 is 14.3 Å². The van der Waals surface area contributed by atoms with Crippen LogP contribution in [-0.2, 0) is 6.54 Å². The van der Waals surface area contributed by atoms with Crippen LogP contribution in [0.3, 0.4) is 0 Å². The maximum absolute atomic E-state index is 12.7. The predicted molar refractivity (Wildman–Crippen MR) is 100 cm³/mol. The third kappa shape index (κ3) is 5.52. The van der Waals surface area contributed by atoms with Crippen LogP contribution in [0.4, 0.5) is 0 Å². The van der Waals surface area contributed by atoms with Crippen LogP contribution < -0.4 is 9.47 Å². The van der Waals surface area contributed by atoms with E-state index in [-0.39, 0.29) is 5.91 Å². The standard InChI is InChI=1S/C21H27NO3/c1-4-6-14-25-19-13-12-18(15-20(19)24-5-2)21(23)22(3)16-17-10-8-7-9-11-17/h7-13,15H,4-6,14,16H2,1-3H3. The summed E-state index contributed by atoms with van der Waals surface area (Å²) < 4.78 is 11.4. The van der Waals surface area contributed by atoms with Gasteiger partial charge in [-0.3, -0.25) is 4.79 Å². The van der Waals surface area contributed by atoms with E-state index in [1.807, 2.05) is 43.3 Å². The van der Waals surface area contributed by atoms with Crippen molar-refractivity contribution in [2.24, 2.45) is 0 Å². The van der Waals surface area contributed by atoms with Gasteiger partial charge in [0, 0.05) is 19.2 Å². The predicted octanol–water partition coefficient (Wildman–Crippen LogP) is 4.54. The van der Waals surface area contributed by atoms with Crippen LogP contribution in [-0.4, -0.2) is 31.1 Å². The van der Waals surface area contributed by atoms with Gasteiger partial charge in [-0.05, 0) is 37.1 Å². The number of amides is 1. The van der Waals surface area contributed by atoms with Crippen molar-refractivity contribution in [3.63, 3.8) is 0 Å². The highest BCUT2D eigenvalue weighted by atomic mass is 16.5. The average molecular weight is 341 g/mol. The molecule has 4 nitrogen and oxygen atoms in total. The first kappa shape index (κ1) is 18.8. The van der Waals surface area contributed by atoms with Crippen LogP contribution in [0.1, 0.15) is 42.6 Å². The second-order valence-electron chi connectivity index (χ2n) is 5.94. The van der Waals surface area contributed by atoms with Crippen molar-refractivity contribution >= 4 is 5.91 Å². The topological polar surface area (TPSA) is 38.8 Å². The summed E-state index contributed by atoms with van der Waals surface area (Å²) in [5.41, 5.74) is 1.70. The molecule has 0 radical (unpaired) electrons. The quantitative estimate of drug-likeness (QED) is 0.629. The third-order valence-corrected chi connectivity index (χ3v) is 3.86. The van der Waals surface area contributed by atoms with Crippen molar-refractivity contribution in [3.8, 4) is 11.5 Å². The van der Waals surface area contributed by atoms with E-state index in [1.54, 1.807) is 24.1 Å². The SMILES string of the molecule is CCCCOc1ccc(C(=O)N(C)Cc2ccccc2)cc1OCC. The van der Waals surface area contributed by atoms with Crippen LogP contribution >= 0.6 is 0 Å². The van der Waals surface area contributed by atoms with Crippen molar-refractivity contribution in [1.82, 2.24) is 4.90 Å². The zero-order valence-electron chi connectivity index (χ0n) is 15.3. The minimum Gasteiger partial charge on any atom is -0.490 e. The van der Waals surface area contributed by atoms with E-state index in [9.17, 15) is 4.79 Å². The first-order valence-electron chi connectivity index (χ1n) is 8.84. The molecule has 0 heterocycles. The van der Waals surface area contributed by atoms with Crippen molar-refractivity contribution in [1.29, 1.82) is 0 Å². The first-order valence-corrected chi connectivity index (χ1v) is 8.84. The van der Waals surface area contributed by atoms with Gasteiger partial charge < -0.3 is 14.4 Å². The molecule has 0 bridgehead atoms. The molecule has 0 unspecified atom stereocenters. The molecule has 2 aromatic carbocycles. The Balaban J connectivity index is 2.11. The van der Waals surface area contributed by atoms with Crippen molar-refractivity contribution in [2.45, 2.75) is 33.2 Å². The molecule has 134 valence electrons. The van der Waals surface area contributed by atoms with E-state index in [2.05, 4.69) is 6.92 Å². The number of carbonyl (C=O) groups excluding carboxylic acids is 1. The van der Waals surface area contributed by atoms with Gasteiger partial charge in [-0.2, -0.15) is 0 Å². The number of rotatable bonds is 9. The number of hydrogen-bond acceptors (Lipinski definition) is 3. The largest absolute Gasteiger partial charge is 0.490 e. The molecule has 0 aromatic heterocycles. The molecule has 25 heavy (non-hydrogen) atoms. The zero-order valence-corrected chi connectivity index (χ0v) is 15.3. The molecule has 0 fully saturated rings. The van der Waals surface area contributed by atoms with E-state index in [0.29, 0.717) is 36.8 Å². The molecule has 0 spiro atoms. The fraction of sp³-hybridized carbons (Fsp3) is 0.381. The Morgan fingerprint density at radius 3 is 2.44 bits per heavy atom. The summed E-state index contributed by atoms with van der Waals surface area (Å²) in [6.45, 7) is 5.79. The molecule has 0 aliphatic heterocycles. The minimum absolute atomic E-state index is 0.0371. The molecule has 0 saturated carbocycles. The molecule has 0 aliphatic rings. The molecule has 0 atom stereocenters. The lowest BCUT2D eigenvalue weighted by atomic mass is 10.1. The molecule has 0 aliphatic carbocycles. The summed E-state index contributed by atoms with van der Waals surface area (Å²) in [6, 6.07) is 15.3. The van der Waals surface area contributed by atoms with E-state index in [1.165, 1.54) is 0 Å². The minimum atomic E-state index is -0.0371. The van der Waals surface area contributed by atoms with Gasteiger partial charge in [-0.1, -0.05) is 43.7 Å². The molecule has 1 amide bonds. The van der Waals surface area contributed by atoms with Crippen molar-refractivity contribution in [2.75, 3.05) is 20.3 Å². The van der Waals surface area contributed by atoms with Gasteiger partial charge in [0.1, 0.15) is 0 Å². The number of nitrogens with zero attached hydrogens (tertiary/aromatic N) is 1. The van der Waals surface area contributed by atoms with Gasteiger partial charge in [0.2, 0.25) is 0 Å². The Hall–Kier alpha value is -2.49. The van der Waals surface area contributed by atoms with Crippen LogP contribution in [0.2, 0.25) is 0 Å². The summed E-state index contributed by atoms with van der Waals surface area (Å²) in [6.07, 6.45) is 2.07. The molecular weight excluding hydrogens is 314 g/mol. The highest BCUT2D eigenvalue weighted by Gasteiger charge is 2.15. The normalized spacial score (nSPS) is 10.4. The number of carbonyl (C=O) groups is 1. The van der Waals surface area contributed by atoms with Crippen LogP contribution in [0, 0.1) is 0 Å². The molecule has 2 rings (SSSR count). The molecule has 0 N–H and O–H groups in total.